The van der Waals surface area contributed by atoms with E-state index in [1.807, 2.05) is 0 Å². The maximum absolute atomic E-state index is 11.1. The molecule has 0 bridgehead atoms. The second-order valence-electron chi connectivity index (χ2n) is 3.88. The molecule has 0 saturated heterocycles. The van der Waals surface area contributed by atoms with Gasteiger partial charge >= 0.3 is 0 Å². The first kappa shape index (κ1) is 10.2. The number of carbonyl (C=O) groups is 1. The van der Waals surface area contributed by atoms with Crippen LogP contribution in [0.4, 0.5) is 0 Å². The zero-order valence-corrected chi connectivity index (χ0v) is 8.97. The number of fused-ring (bicyclic) bond motifs is 1. The summed E-state index contributed by atoms with van der Waals surface area (Å²) < 4.78 is 0. The number of hydrogen-bond acceptors (Lipinski definition) is 2. The highest BCUT2D eigenvalue weighted by atomic mass is 16.1. The molecule has 1 amide bonds. The molecule has 0 fully saturated rings. The number of amides is 1. The Morgan fingerprint density at radius 2 is 2.20 bits per heavy atom. The van der Waals surface area contributed by atoms with E-state index in [-0.39, 0.29) is 5.91 Å². The summed E-state index contributed by atoms with van der Waals surface area (Å²) in [4.78, 5) is 11.1. The highest BCUT2D eigenvalue weighted by Gasteiger charge is 2.10. The Labute approximate surface area is 89.9 Å². The van der Waals surface area contributed by atoms with Gasteiger partial charge in [-0.3, -0.25) is 4.79 Å². The van der Waals surface area contributed by atoms with E-state index < -0.39 is 0 Å². The van der Waals surface area contributed by atoms with Crippen molar-refractivity contribution >= 4 is 5.91 Å². The molecular weight excluding hydrogens is 188 g/mol. The van der Waals surface area contributed by atoms with Gasteiger partial charge in [0.1, 0.15) is 0 Å². The molecule has 80 valence electrons. The lowest BCUT2D eigenvalue weighted by Gasteiger charge is -2.03. The van der Waals surface area contributed by atoms with Crippen LogP contribution < -0.4 is 10.6 Å². The molecule has 1 aromatic carbocycles. The fourth-order valence-corrected chi connectivity index (χ4v) is 1.89. The topological polar surface area (TPSA) is 41.1 Å². The van der Waals surface area contributed by atoms with E-state index >= 15 is 0 Å². The quantitative estimate of drug-likeness (QED) is 0.770. The van der Waals surface area contributed by atoms with Gasteiger partial charge in [-0.1, -0.05) is 18.2 Å². The maximum atomic E-state index is 11.1. The largest absolute Gasteiger partial charge is 0.359 e. The lowest BCUT2D eigenvalue weighted by atomic mass is 10.0. The Bertz CT molecular complexity index is 374. The molecule has 3 nitrogen and oxygen atoms in total. The van der Waals surface area contributed by atoms with Crippen LogP contribution in [-0.2, 0) is 24.3 Å². The summed E-state index contributed by atoms with van der Waals surface area (Å²) in [6, 6.07) is 6.49. The molecule has 0 spiro atoms. The molecule has 0 aliphatic carbocycles. The molecule has 0 aromatic heterocycles. The van der Waals surface area contributed by atoms with Crippen LogP contribution in [0, 0.1) is 0 Å². The van der Waals surface area contributed by atoms with Crippen LogP contribution in [-0.4, -0.2) is 13.0 Å². The summed E-state index contributed by atoms with van der Waals surface area (Å²) in [7, 11) is 1.68. The molecule has 0 saturated carbocycles. The third-order valence-corrected chi connectivity index (χ3v) is 2.82. The van der Waals surface area contributed by atoms with Gasteiger partial charge in [0.15, 0.2) is 0 Å². The van der Waals surface area contributed by atoms with E-state index in [1.54, 1.807) is 7.05 Å². The van der Waals surface area contributed by atoms with Crippen LogP contribution in [0.15, 0.2) is 18.2 Å². The molecule has 1 aromatic rings. The molecular formula is C12H16N2O. The van der Waals surface area contributed by atoms with Gasteiger partial charge in [0.25, 0.3) is 0 Å². The molecule has 0 radical (unpaired) electrons. The molecule has 1 aliphatic heterocycles. The Morgan fingerprint density at radius 1 is 1.40 bits per heavy atom. The highest BCUT2D eigenvalue weighted by Crippen LogP contribution is 2.17. The van der Waals surface area contributed by atoms with Gasteiger partial charge in [-0.2, -0.15) is 0 Å². The Hall–Kier alpha value is -1.35. The number of benzene rings is 1. The van der Waals surface area contributed by atoms with E-state index in [4.69, 9.17) is 0 Å². The molecule has 0 unspecified atom stereocenters. The van der Waals surface area contributed by atoms with Crippen LogP contribution in [0.1, 0.15) is 23.1 Å². The summed E-state index contributed by atoms with van der Waals surface area (Å²) in [5.41, 5.74) is 4.02. The SMILES string of the molecule is CNC(=O)CCc1ccc2c(c1)CNC2. The van der Waals surface area contributed by atoms with E-state index in [9.17, 15) is 4.79 Å². The van der Waals surface area contributed by atoms with Crippen molar-refractivity contribution in [3.8, 4) is 0 Å². The fourth-order valence-electron chi connectivity index (χ4n) is 1.89. The summed E-state index contributed by atoms with van der Waals surface area (Å²) in [6.07, 6.45) is 1.40. The fraction of sp³-hybridized carbons (Fsp3) is 0.417. The minimum absolute atomic E-state index is 0.105. The van der Waals surface area contributed by atoms with Gasteiger partial charge in [-0.25, -0.2) is 0 Å². The first-order valence-corrected chi connectivity index (χ1v) is 5.31. The lowest BCUT2D eigenvalue weighted by molar-refractivity contribution is -0.120. The Balaban J connectivity index is 2.01. The van der Waals surface area contributed by atoms with Gasteiger partial charge in [-0.15, -0.1) is 0 Å². The van der Waals surface area contributed by atoms with Crippen LogP contribution in [0.3, 0.4) is 0 Å². The van der Waals surface area contributed by atoms with Crippen LogP contribution >= 0.6 is 0 Å². The van der Waals surface area contributed by atoms with Crippen molar-refractivity contribution in [2.75, 3.05) is 7.05 Å². The van der Waals surface area contributed by atoms with Crippen molar-refractivity contribution in [1.29, 1.82) is 0 Å². The van der Waals surface area contributed by atoms with E-state index in [1.165, 1.54) is 16.7 Å². The van der Waals surface area contributed by atoms with Crippen molar-refractivity contribution in [3.05, 3.63) is 34.9 Å². The average Bonchev–Trinajstić information content (AvgIpc) is 2.72. The second-order valence-corrected chi connectivity index (χ2v) is 3.88. The van der Waals surface area contributed by atoms with Crippen molar-refractivity contribution in [2.24, 2.45) is 0 Å². The summed E-state index contributed by atoms with van der Waals surface area (Å²) >= 11 is 0. The third-order valence-electron chi connectivity index (χ3n) is 2.82. The molecule has 3 heteroatoms. The summed E-state index contributed by atoms with van der Waals surface area (Å²) in [5, 5.41) is 5.95. The van der Waals surface area contributed by atoms with Crippen molar-refractivity contribution in [3.63, 3.8) is 0 Å². The van der Waals surface area contributed by atoms with Gasteiger partial charge in [-0.05, 0) is 23.1 Å². The molecule has 2 rings (SSSR count). The van der Waals surface area contributed by atoms with Crippen molar-refractivity contribution in [2.45, 2.75) is 25.9 Å². The van der Waals surface area contributed by atoms with E-state index in [2.05, 4.69) is 28.8 Å². The molecule has 0 atom stereocenters. The highest BCUT2D eigenvalue weighted by molar-refractivity contribution is 5.75. The first-order chi connectivity index (χ1) is 7.29. The summed E-state index contributed by atoms with van der Waals surface area (Å²) in [6.45, 7) is 1.94. The van der Waals surface area contributed by atoms with E-state index in [0.717, 1.165) is 19.5 Å². The lowest BCUT2D eigenvalue weighted by Crippen LogP contribution is -2.17. The molecule has 1 aliphatic rings. The van der Waals surface area contributed by atoms with Gasteiger partial charge in [0.2, 0.25) is 5.91 Å². The monoisotopic (exact) mass is 204 g/mol. The number of rotatable bonds is 3. The number of aryl methyl sites for hydroxylation is 1. The zero-order chi connectivity index (χ0) is 10.7. The minimum Gasteiger partial charge on any atom is -0.359 e. The van der Waals surface area contributed by atoms with Gasteiger partial charge < -0.3 is 10.6 Å². The Kier molecular flexibility index (Phi) is 3.02. The predicted molar refractivity (Wildman–Crippen MR) is 59.4 cm³/mol. The Morgan fingerprint density at radius 3 is 3.00 bits per heavy atom. The predicted octanol–water partition coefficient (Wildman–Crippen LogP) is 0.968. The molecule has 1 heterocycles. The first-order valence-electron chi connectivity index (χ1n) is 5.31. The maximum Gasteiger partial charge on any atom is 0.220 e. The van der Waals surface area contributed by atoms with Crippen LogP contribution in [0.2, 0.25) is 0 Å². The summed E-state index contributed by atoms with van der Waals surface area (Å²) in [5.74, 6) is 0.105. The average molecular weight is 204 g/mol. The normalized spacial score (nSPS) is 13.7. The standard InChI is InChI=1S/C12H16N2O/c1-13-12(15)5-3-9-2-4-10-7-14-8-11(10)6-9/h2,4,6,14H,3,5,7-8H2,1H3,(H,13,15). The number of carbonyl (C=O) groups excluding carboxylic acids is 1. The van der Waals surface area contributed by atoms with Gasteiger partial charge in [0.05, 0.1) is 0 Å². The minimum atomic E-state index is 0.105. The number of nitrogens with one attached hydrogen (secondary N) is 2. The smallest absolute Gasteiger partial charge is 0.220 e. The molecule has 15 heavy (non-hydrogen) atoms. The van der Waals surface area contributed by atoms with Crippen molar-refractivity contribution < 1.29 is 4.79 Å². The second kappa shape index (κ2) is 4.45. The van der Waals surface area contributed by atoms with Crippen molar-refractivity contribution in [1.82, 2.24) is 10.6 Å². The third kappa shape index (κ3) is 2.36. The van der Waals surface area contributed by atoms with Gasteiger partial charge in [0, 0.05) is 26.6 Å². The van der Waals surface area contributed by atoms with Crippen LogP contribution in [0.25, 0.3) is 0 Å². The van der Waals surface area contributed by atoms with E-state index in [0.29, 0.717) is 6.42 Å². The number of hydrogen-bond donors (Lipinski definition) is 2. The zero-order valence-electron chi connectivity index (χ0n) is 8.97. The molecule has 2 N–H and O–H groups in total. The van der Waals surface area contributed by atoms with Crippen LogP contribution in [0.5, 0.6) is 0 Å².